The minimum atomic E-state index is -0.0751. The van der Waals surface area contributed by atoms with Crippen LogP contribution in [0.3, 0.4) is 0 Å². The molecular formula is C17H21NO2. The van der Waals surface area contributed by atoms with Gasteiger partial charge < -0.3 is 15.2 Å². The maximum Gasteiger partial charge on any atom is 0.123 e. The molecule has 1 aliphatic carbocycles. The molecular weight excluding hydrogens is 250 g/mol. The minimum absolute atomic E-state index is 0.0751. The SMILES string of the molecule is COc1ccc2ccccc2c1CNCC1CC(O)C1. The number of aliphatic hydroxyl groups is 1. The molecule has 0 spiro atoms. The smallest absolute Gasteiger partial charge is 0.123 e. The number of fused-ring (bicyclic) bond motifs is 1. The van der Waals surface area contributed by atoms with Crippen molar-refractivity contribution in [1.29, 1.82) is 0 Å². The van der Waals surface area contributed by atoms with Gasteiger partial charge in [0.25, 0.3) is 0 Å². The van der Waals surface area contributed by atoms with E-state index in [1.807, 2.05) is 6.07 Å². The molecule has 3 nitrogen and oxygen atoms in total. The van der Waals surface area contributed by atoms with E-state index in [2.05, 4.69) is 35.6 Å². The molecule has 2 N–H and O–H groups in total. The summed E-state index contributed by atoms with van der Waals surface area (Å²) >= 11 is 0. The molecule has 1 aliphatic rings. The third kappa shape index (κ3) is 2.65. The summed E-state index contributed by atoms with van der Waals surface area (Å²) in [5.74, 6) is 1.55. The fourth-order valence-corrected chi connectivity index (χ4v) is 2.96. The van der Waals surface area contributed by atoms with E-state index < -0.39 is 0 Å². The van der Waals surface area contributed by atoms with E-state index in [4.69, 9.17) is 4.74 Å². The van der Waals surface area contributed by atoms with Gasteiger partial charge in [-0.1, -0.05) is 30.3 Å². The Balaban J connectivity index is 1.74. The van der Waals surface area contributed by atoms with Gasteiger partial charge in [0.1, 0.15) is 5.75 Å². The van der Waals surface area contributed by atoms with Crippen molar-refractivity contribution in [3.63, 3.8) is 0 Å². The first-order valence-electron chi connectivity index (χ1n) is 7.21. The Labute approximate surface area is 119 Å². The van der Waals surface area contributed by atoms with Crippen LogP contribution in [0.5, 0.6) is 5.75 Å². The fraction of sp³-hybridized carbons (Fsp3) is 0.412. The topological polar surface area (TPSA) is 41.5 Å². The summed E-state index contributed by atoms with van der Waals surface area (Å²) in [4.78, 5) is 0. The average molecular weight is 271 g/mol. The predicted octanol–water partition coefficient (Wildman–Crippen LogP) is 2.71. The second kappa shape index (κ2) is 5.81. The molecule has 20 heavy (non-hydrogen) atoms. The second-order valence-corrected chi connectivity index (χ2v) is 5.59. The Kier molecular flexibility index (Phi) is 3.90. The van der Waals surface area contributed by atoms with E-state index in [0.717, 1.165) is 31.7 Å². The molecule has 2 aromatic carbocycles. The van der Waals surface area contributed by atoms with Gasteiger partial charge in [-0.15, -0.1) is 0 Å². The maximum atomic E-state index is 9.31. The molecule has 3 rings (SSSR count). The van der Waals surface area contributed by atoms with Crippen molar-refractivity contribution in [3.8, 4) is 5.75 Å². The van der Waals surface area contributed by atoms with Gasteiger partial charge in [0.15, 0.2) is 0 Å². The Morgan fingerprint density at radius 1 is 1.20 bits per heavy atom. The number of nitrogens with one attached hydrogen (secondary N) is 1. The van der Waals surface area contributed by atoms with Crippen molar-refractivity contribution >= 4 is 10.8 Å². The lowest BCUT2D eigenvalue weighted by molar-refractivity contribution is 0.0429. The molecule has 1 fully saturated rings. The van der Waals surface area contributed by atoms with Gasteiger partial charge in [0.05, 0.1) is 13.2 Å². The second-order valence-electron chi connectivity index (χ2n) is 5.59. The van der Waals surface area contributed by atoms with Crippen LogP contribution in [-0.4, -0.2) is 24.9 Å². The zero-order valence-electron chi connectivity index (χ0n) is 11.8. The monoisotopic (exact) mass is 271 g/mol. The normalized spacial score (nSPS) is 21.7. The Morgan fingerprint density at radius 2 is 2.00 bits per heavy atom. The fourth-order valence-electron chi connectivity index (χ4n) is 2.96. The van der Waals surface area contributed by atoms with Crippen molar-refractivity contribution in [3.05, 3.63) is 42.0 Å². The molecule has 0 aliphatic heterocycles. The lowest BCUT2D eigenvalue weighted by atomic mass is 9.82. The number of hydrogen-bond donors (Lipinski definition) is 2. The van der Waals surface area contributed by atoms with Crippen LogP contribution in [0.4, 0.5) is 0 Å². The number of rotatable bonds is 5. The van der Waals surface area contributed by atoms with Gasteiger partial charge in [-0.05, 0) is 42.1 Å². The van der Waals surface area contributed by atoms with Crippen LogP contribution in [0, 0.1) is 5.92 Å². The van der Waals surface area contributed by atoms with Crippen molar-refractivity contribution < 1.29 is 9.84 Å². The highest BCUT2D eigenvalue weighted by Crippen LogP contribution is 2.29. The largest absolute Gasteiger partial charge is 0.496 e. The van der Waals surface area contributed by atoms with Gasteiger partial charge in [-0.3, -0.25) is 0 Å². The summed E-state index contributed by atoms with van der Waals surface area (Å²) in [6.07, 6.45) is 1.79. The van der Waals surface area contributed by atoms with Crippen molar-refractivity contribution in [2.75, 3.05) is 13.7 Å². The third-order valence-corrected chi connectivity index (χ3v) is 4.16. The van der Waals surface area contributed by atoms with Crippen LogP contribution in [0.2, 0.25) is 0 Å². The van der Waals surface area contributed by atoms with Crippen LogP contribution in [0.25, 0.3) is 10.8 Å². The van der Waals surface area contributed by atoms with Gasteiger partial charge in [-0.25, -0.2) is 0 Å². The molecule has 0 aromatic heterocycles. The molecule has 0 bridgehead atoms. The summed E-state index contributed by atoms with van der Waals surface area (Å²) < 4.78 is 5.49. The van der Waals surface area contributed by atoms with Crippen LogP contribution >= 0.6 is 0 Å². The summed E-state index contributed by atoms with van der Waals surface area (Å²) in [7, 11) is 1.72. The molecule has 3 heteroatoms. The standard InChI is InChI=1S/C17H21NO2/c1-20-17-7-6-13-4-2-3-5-15(13)16(17)11-18-10-12-8-14(19)9-12/h2-7,12,14,18-19H,8-11H2,1H3. The number of hydrogen-bond acceptors (Lipinski definition) is 3. The lowest BCUT2D eigenvalue weighted by Gasteiger charge is -2.31. The summed E-state index contributed by atoms with van der Waals surface area (Å²) in [5, 5.41) is 15.3. The van der Waals surface area contributed by atoms with E-state index in [-0.39, 0.29) is 6.10 Å². The first-order valence-corrected chi connectivity index (χ1v) is 7.21. The van der Waals surface area contributed by atoms with Gasteiger partial charge >= 0.3 is 0 Å². The molecule has 0 unspecified atom stereocenters. The van der Waals surface area contributed by atoms with E-state index in [9.17, 15) is 5.11 Å². The molecule has 0 heterocycles. The van der Waals surface area contributed by atoms with Crippen LogP contribution in [0.1, 0.15) is 18.4 Å². The Bertz CT molecular complexity index is 591. The molecule has 1 saturated carbocycles. The molecule has 0 atom stereocenters. The van der Waals surface area contributed by atoms with Crippen LogP contribution in [-0.2, 0) is 6.54 Å². The quantitative estimate of drug-likeness (QED) is 0.878. The van der Waals surface area contributed by atoms with E-state index in [1.54, 1.807) is 7.11 Å². The van der Waals surface area contributed by atoms with Crippen LogP contribution < -0.4 is 10.1 Å². The molecule has 0 saturated heterocycles. The summed E-state index contributed by atoms with van der Waals surface area (Å²) in [5.41, 5.74) is 1.21. The number of benzene rings is 2. The zero-order chi connectivity index (χ0) is 13.9. The third-order valence-electron chi connectivity index (χ3n) is 4.16. The molecule has 0 amide bonds. The van der Waals surface area contributed by atoms with Gasteiger partial charge in [-0.2, -0.15) is 0 Å². The van der Waals surface area contributed by atoms with Crippen molar-refractivity contribution in [2.45, 2.75) is 25.5 Å². The summed E-state index contributed by atoms with van der Waals surface area (Å²) in [6, 6.07) is 12.5. The first-order chi connectivity index (χ1) is 9.78. The number of aliphatic hydroxyl groups excluding tert-OH is 1. The summed E-state index contributed by atoms with van der Waals surface area (Å²) in [6.45, 7) is 1.76. The van der Waals surface area contributed by atoms with Crippen molar-refractivity contribution in [1.82, 2.24) is 5.32 Å². The zero-order valence-corrected chi connectivity index (χ0v) is 11.8. The van der Waals surface area contributed by atoms with Crippen LogP contribution in [0.15, 0.2) is 36.4 Å². The molecule has 0 radical (unpaired) electrons. The maximum absolute atomic E-state index is 9.31. The number of ether oxygens (including phenoxy) is 1. The molecule has 106 valence electrons. The van der Waals surface area contributed by atoms with E-state index in [0.29, 0.717) is 5.92 Å². The number of methoxy groups -OCH3 is 1. The van der Waals surface area contributed by atoms with E-state index in [1.165, 1.54) is 16.3 Å². The lowest BCUT2D eigenvalue weighted by Crippen LogP contribution is -2.35. The van der Waals surface area contributed by atoms with E-state index >= 15 is 0 Å². The minimum Gasteiger partial charge on any atom is -0.496 e. The first kappa shape index (κ1) is 13.4. The molecule has 2 aromatic rings. The highest BCUT2D eigenvalue weighted by atomic mass is 16.5. The van der Waals surface area contributed by atoms with Gasteiger partial charge in [0.2, 0.25) is 0 Å². The average Bonchev–Trinajstić information content (AvgIpc) is 2.45. The van der Waals surface area contributed by atoms with Gasteiger partial charge in [0, 0.05) is 12.1 Å². The predicted molar refractivity (Wildman–Crippen MR) is 80.9 cm³/mol. The Hall–Kier alpha value is -1.58. The van der Waals surface area contributed by atoms with Crippen molar-refractivity contribution in [2.24, 2.45) is 5.92 Å². The highest BCUT2D eigenvalue weighted by Gasteiger charge is 2.26. The Morgan fingerprint density at radius 3 is 2.75 bits per heavy atom. The highest BCUT2D eigenvalue weighted by molar-refractivity contribution is 5.87.